The molecular weight excluding hydrogens is 581 g/mol. The number of ether oxygens (including phenoxy) is 3. The first-order valence-corrected chi connectivity index (χ1v) is 15.2. The van der Waals surface area contributed by atoms with Gasteiger partial charge in [0, 0.05) is 59.4 Å². The van der Waals surface area contributed by atoms with E-state index in [1.54, 1.807) is 29.2 Å². The molecule has 0 spiro atoms. The highest BCUT2D eigenvalue weighted by atomic mass is 19.1. The molecule has 1 aromatic carbocycles. The molecular formula is C34H44FN3O7. The molecule has 45 heavy (non-hydrogen) atoms. The molecule has 244 valence electrons. The van der Waals surface area contributed by atoms with Crippen molar-refractivity contribution >= 4 is 29.4 Å². The van der Waals surface area contributed by atoms with E-state index in [4.69, 9.17) is 14.2 Å². The zero-order chi connectivity index (χ0) is 33.2. The average Bonchev–Trinajstić information content (AvgIpc) is 3.27. The maximum atomic E-state index is 14.3. The van der Waals surface area contributed by atoms with Gasteiger partial charge in [0.25, 0.3) is 11.8 Å². The van der Waals surface area contributed by atoms with E-state index in [1.807, 2.05) is 39.0 Å². The second-order valence-corrected chi connectivity index (χ2v) is 9.85. The molecule has 1 aliphatic heterocycles. The molecule has 0 unspecified atom stereocenters. The number of hydrogen-bond acceptors (Lipinski definition) is 8. The molecule has 1 N–H and O–H groups in total. The summed E-state index contributed by atoms with van der Waals surface area (Å²) < 4.78 is 30.5. The molecule has 1 fully saturated rings. The Balaban J connectivity index is 0.00000345. The van der Waals surface area contributed by atoms with Crippen LogP contribution in [-0.4, -0.2) is 80.2 Å². The lowest BCUT2D eigenvalue weighted by Gasteiger charge is -2.38. The minimum Gasteiger partial charge on any atom is -0.493 e. The number of halogens is 1. The molecule has 2 atom stereocenters. The van der Waals surface area contributed by atoms with Gasteiger partial charge in [-0.05, 0) is 36.3 Å². The van der Waals surface area contributed by atoms with Crippen LogP contribution in [0.3, 0.4) is 0 Å². The van der Waals surface area contributed by atoms with Crippen molar-refractivity contribution in [1.29, 1.82) is 0 Å². The van der Waals surface area contributed by atoms with Crippen LogP contribution in [0.2, 0.25) is 0 Å². The quantitative estimate of drug-likeness (QED) is 0.223. The van der Waals surface area contributed by atoms with Gasteiger partial charge in [0.2, 0.25) is 12.2 Å². The van der Waals surface area contributed by atoms with Crippen molar-refractivity contribution in [2.24, 2.45) is 0 Å². The van der Waals surface area contributed by atoms with Crippen LogP contribution in [0.1, 0.15) is 53.9 Å². The average molecular weight is 626 g/mol. The number of anilines is 1. The van der Waals surface area contributed by atoms with Gasteiger partial charge >= 0.3 is 11.9 Å². The van der Waals surface area contributed by atoms with Crippen molar-refractivity contribution in [1.82, 2.24) is 10.2 Å². The summed E-state index contributed by atoms with van der Waals surface area (Å²) >= 11 is 0. The highest BCUT2D eigenvalue weighted by Gasteiger charge is 2.42. The second kappa shape index (κ2) is 19.6. The molecule has 10 nitrogen and oxygen atoms in total. The van der Waals surface area contributed by atoms with Gasteiger partial charge in [0.1, 0.15) is 11.6 Å². The molecule has 0 aromatic heterocycles. The van der Waals surface area contributed by atoms with Crippen LogP contribution < -0.4 is 10.2 Å². The monoisotopic (exact) mass is 625 g/mol. The van der Waals surface area contributed by atoms with Crippen molar-refractivity contribution in [2.75, 3.05) is 44.2 Å². The Labute approximate surface area is 265 Å². The third-order valence-electron chi connectivity index (χ3n) is 6.58. The maximum absolute atomic E-state index is 14.3. The maximum Gasteiger partial charge on any atom is 0.303 e. The Kier molecular flexibility index (Phi) is 16.0. The Morgan fingerprint density at radius 1 is 0.956 bits per heavy atom. The molecule has 0 saturated carbocycles. The van der Waals surface area contributed by atoms with Crippen molar-refractivity contribution in [3.05, 3.63) is 65.7 Å². The number of carbonyl (C=O) groups is 4. The van der Waals surface area contributed by atoms with Crippen molar-refractivity contribution < 1.29 is 37.8 Å². The summed E-state index contributed by atoms with van der Waals surface area (Å²) in [4.78, 5) is 54.0. The van der Waals surface area contributed by atoms with Crippen LogP contribution in [0.5, 0.6) is 0 Å². The van der Waals surface area contributed by atoms with Crippen LogP contribution in [-0.2, 0) is 33.4 Å². The van der Waals surface area contributed by atoms with Crippen LogP contribution >= 0.6 is 0 Å². The summed E-state index contributed by atoms with van der Waals surface area (Å²) in [5, 5.41) is 2.69. The molecule has 1 aromatic rings. The molecule has 11 heteroatoms. The fourth-order valence-electron chi connectivity index (χ4n) is 4.52. The number of allylic oxidation sites excluding steroid dienone is 4. The summed E-state index contributed by atoms with van der Waals surface area (Å²) in [6, 6.07) is 6.34. The van der Waals surface area contributed by atoms with Gasteiger partial charge in [0.05, 0.1) is 12.3 Å². The number of amides is 2. The van der Waals surface area contributed by atoms with Crippen LogP contribution in [0.25, 0.3) is 0 Å². The molecule has 1 aliphatic carbocycles. The van der Waals surface area contributed by atoms with E-state index in [0.29, 0.717) is 44.0 Å². The predicted octanol–water partition coefficient (Wildman–Crippen LogP) is 4.07. The van der Waals surface area contributed by atoms with Gasteiger partial charge in [-0.2, -0.15) is 0 Å². The van der Waals surface area contributed by atoms with Gasteiger partial charge in [-0.15, -0.1) is 5.92 Å². The van der Waals surface area contributed by atoms with Gasteiger partial charge in [-0.1, -0.05) is 51.0 Å². The van der Waals surface area contributed by atoms with Gasteiger partial charge in [-0.25, -0.2) is 4.39 Å². The Hall–Kier alpha value is -4.59. The zero-order valence-electron chi connectivity index (χ0n) is 26.8. The van der Waals surface area contributed by atoms with E-state index in [0.717, 1.165) is 25.8 Å². The number of para-hydroxylation sites is 1. The fraction of sp³-hybridized carbons (Fsp3) is 0.471. The molecule has 2 amide bonds. The third-order valence-corrected chi connectivity index (χ3v) is 6.58. The Bertz CT molecular complexity index is 1320. The van der Waals surface area contributed by atoms with E-state index in [2.05, 4.69) is 17.2 Å². The molecule has 1 saturated heterocycles. The number of piperazine rings is 1. The highest BCUT2D eigenvalue weighted by Crippen LogP contribution is 2.21. The number of rotatable bonds is 11. The van der Waals surface area contributed by atoms with Crippen molar-refractivity contribution in [2.45, 2.75) is 66.1 Å². The summed E-state index contributed by atoms with van der Waals surface area (Å²) in [6.45, 7) is 9.73. The SMILES string of the molecule is CC.CCC#CCCOC1=CC=C(CNC(=O)[C@H](OC(C)=O)[C@@H](OC(C)=O)C(=O)N2CCN(c3ccccc3F)CC2)CC=C1. The lowest BCUT2D eigenvalue weighted by Crippen LogP contribution is -2.57. The van der Waals surface area contributed by atoms with Crippen LogP contribution in [0.15, 0.2) is 59.9 Å². The Morgan fingerprint density at radius 2 is 1.62 bits per heavy atom. The van der Waals surface area contributed by atoms with Gasteiger partial charge in [-0.3, -0.25) is 19.2 Å². The van der Waals surface area contributed by atoms with Crippen molar-refractivity contribution in [3.8, 4) is 11.8 Å². The lowest BCUT2D eigenvalue weighted by atomic mass is 10.1. The summed E-state index contributed by atoms with van der Waals surface area (Å²) in [7, 11) is 0. The second-order valence-electron chi connectivity index (χ2n) is 9.85. The van der Waals surface area contributed by atoms with Crippen molar-refractivity contribution in [3.63, 3.8) is 0 Å². The molecule has 1 heterocycles. The lowest BCUT2D eigenvalue weighted by molar-refractivity contribution is -0.178. The molecule has 2 aliphatic rings. The predicted molar refractivity (Wildman–Crippen MR) is 169 cm³/mol. The highest BCUT2D eigenvalue weighted by molar-refractivity contribution is 5.93. The minimum atomic E-state index is -1.71. The largest absolute Gasteiger partial charge is 0.493 e. The standard InChI is InChI=1S/C32H38FN3O7.C2H6/c1-4-5-6-9-21-41-26-12-10-11-25(15-16-26)22-34-31(39)29(42-23(2)37)30(43-24(3)38)32(40)36-19-17-35(18-20-36)28-14-8-7-13-27(28)33;1-2/h7-8,10,12-16,29-30H,4,9,11,17-22H2,1-3H3,(H,34,39);1-2H3/t29-,30-;/m1./s1. The summed E-state index contributed by atoms with van der Waals surface area (Å²) in [5.41, 5.74) is 1.25. The van der Waals surface area contributed by atoms with E-state index in [-0.39, 0.29) is 25.5 Å². The van der Waals surface area contributed by atoms with Gasteiger partial charge in [0.15, 0.2) is 0 Å². The van der Waals surface area contributed by atoms with E-state index in [1.165, 1.54) is 11.0 Å². The normalized spacial score (nSPS) is 15.3. The van der Waals surface area contributed by atoms with Gasteiger partial charge < -0.3 is 29.3 Å². The number of nitrogens with zero attached hydrogens (tertiary/aromatic N) is 2. The van der Waals surface area contributed by atoms with Crippen LogP contribution in [0, 0.1) is 17.7 Å². The third kappa shape index (κ3) is 12.1. The minimum absolute atomic E-state index is 0.0923. The van der Waals surface area contributed by atoms with E-state index in [9.17, 15) is 23.6 Å². The number of hydrogen-bond donors (Lipinski definition) is 1. The molecule has 3 rings (SSSR count). The van der Waals surface area contributed by atoms with E-state index >= 15 is 0 Å². The summed E-state index contributed by atoms with van der Waals surface area (Å²) in [5.74, 6) is 3.18. The number of esters is 2. The fourth-order valence-corrected chi connectivity index (χ4v) is 4.52. The summed E-state index contributed by atoms with van der Waals surface area (Å²) in [6.07, 6.45) is 5.86. The molecule has 0 radical (unpaired) electrons. The number of carbonyl (C=O) groups excluding carboxylic acids is 4. The smallest absolute Gasteiger partial charge is 0.303 e. The van der Waals surface area contributed by atoms with E-state index < -0.39 is 36.0 Å². The van der Waals surface area contributed by atoms with Crippen LogP contribution in [0.4, 0.5) is 10.1 Å². The topological polar surface area (TPSA) is 114 Å². The number of nitrogens with one attached hydrogen (secondary N) is 1. The molecule has 0 bridgehead atoms. The Morgan fingerprint density at radius 3 is 2.27 bits per heavy atom. The zero-order valence-corrected chi connectivity index (χ0v) is 26.8. The first kappa shape index (κ1) is 36.6. The number of benzene rings is 1. The first-order valence-electron chi connectivity index (χ1n) is 15.2. The first-order chi connectivity index (χ1) is 21.7.